The van der Waals surface area contributed by atoms with Gasteiger partial charge in [0.2, 0.25) is 0 Å². The van der Waals surface area contributed by atoms with Crippen LogP contribution in [0.4, 0.5) is 0 Å². The van der Waals surface area contributed by atoms with Crippen molar-refractivity contribution in [3.63, 3.8) is 0 Å². The van der Waals surface area contributed by atoms with Crippen LogP contribution >= 0.6 is 11.6 Å². The van der Waals surface area contributed by atoms with Crippen molar-refractivity contribution >= 4 is 17.5 Å². The van der Waals surface area contributed by atoms with Crippen molar-refractivity contribution in [2.45, 2.75) is 12.6 Å². The molecular formula is C18H19ClN2O4. The molecule has 1 amide bonds. The number of amides is 1. The molecule has 1 aliphatic heterocycles. The average Bonchev–Trinajstić information content (AvgIpc) is 3.01. The maximum atomic E-state index is 10.9. The highest BCUT2D eigenvalue weighted by Gasteiger charge is 2.23. The molecule has 0 aromatic heterocycles. The molecule has 3 N–H and O–H groups in total. The molecule has 0 saturated heterocycles. The monoisotopic (exact) mass is 362 g/mol. The number of hydrogen-bond acceptors (Lipinski definition) is 5. The molecular weight excluding hydrogens is 344 g/mol. The number of halogens is 1. The van der Waals surface area contributed by atoms with E-state index in [9.17, 15) is 4.79 Å². The number of fused-ring (bicyclic) bond motifs is 1. The number of para-hydroxylation sites is 1. The Morgan fingerprint density at radius 2 is 2.20 bits per heavy atom. The molecule has 6 nitrogen and oxygen atoms in total. The summed E-state index contributed by atoms with van der Waals surface area (Å²) < 4.78 is 16.3. The molecule has 0 bridgehead atoms. The molecule has 25 heavy (non-hydrogen) atoms. The molecule has 2 aromatic carbocycles. The molecule has 132 valence electrons. The maximum absolute atomic E-state index is 10.9. The molecule has 0 saturated carbocycles. The lowest BCUT2D eigenvalue weighted by Gasteiger charge is -2.15. The summed E-state index contributed by atoms with van der Waals surface area (Å²) in [7, 11) is 1.51. The van der Waals surface area contributed by atoms with Gasteiger partial charge in [0.1, 0.15) is 12.4 Å². The highest BCUT2D eigenvalue weighted by molar-refractivity contribution is 6.32. The maximum Gasteiger partial charge on any atom is 0.255 e. The van der Waals surface area contributed by atoms with E-state index in [1.807, 2.05) is 30.3 Å². The van der Waals surface area contributed by atoms with E-state index in [0.29, 0.717) is 29.7 Å². The van der Waals surface area contributed by atoms with Gasteiger partial charge < -0.3 is 25.3 Å². The number of nitrogens with two attached hydrogens (primary N) is 1. The highest BCUT2D eigenvalue weighted by atomic mass is 35.5. The van der Waals surface area contributed by atoms with Crippen LogP contribution in [-0.4, -0.2) is 26.2 Å². The zero-order chi connectivity index (χ0) is 17.8. The lowest BCUT2D eigenvalue weighted by atomic mass is 10.1. The quantitative estimate of drug-likeness (QED) is 0.790. The van der Waals surface area contributed by atoms with Crippen molar-refractivity contribution in [1.82, 2.24) is 5.32 Å². The van der Waals surface area contributed by atoms with Gasteiger partial charge in [-0.1, -0.05) is 29.8 Å². The largest absolute Gasteiger partial charge is 0.493 e. The first-order valence-corrected chi connectivity index (χ1v) is 8.19. The summed E-state index contributed by atoms with van der Waals surface area (Å²) in [5, 5.41) is 3.81. The van der Waals surface area contributed by atoms with Crippen LogP contribution in [-0.2, 0) is 11.3 Å². The van der Waals surface area contributed by atoms with Crippen LogP contribution < -0.4 is 25.3 Å². The minimum Gasteiger partial charge on any atom is -0.493 e. The fraction of sp³-hybridized carbons (Fsp3) is 0.278. The van der Waals surface area contributed by atoms with Crippen molar-refractivity contribution in [3.8, 4) is 17.2 Å². The number of hydrogen-bond donors (Lipinski definition) is 2. The Kier molecular flexibility index (Phi) is 5.31. The number of nitrogens with one attached hydrogen (secondary N) is 1. The second kappa shape index (κ2) is 7.63. The fourth-order valence-corrected chi connectivity index (χ4v) is 3.02. The number of primary amides is 1. The molecule has 1 atom stereocenters. The number of benzene rings is 2. The van der Waals surface area contributed by atoms with E-state index >= 15 is 0 Å². The third-order valence-corrected chi connectivity index (χ3v) is 4.18. The van der Waals surface area contributed by atoms with Gasteiger partial charge >= 0.3 is 0 Å². The van der Waals surface area contributed by atoms with E-state index in [1.54, 1.807) is 6.07 Å². The van der Waals surface area contributed by atoms with Crippen molar-refractivity contribution in [2.24, 2.45) is 5.73 Å². The second-order valence-electron chi connectivity index (χ2n) is 5.65. The van der Waals surface area contributed by atoms with E-state index < -0.39 is 5.91 Å². The fourth-order valence-electron chi connectivity index (χ4n) is 2.73. The number of rotatable bonds is 7. The Morgan fingerprint density at radius 3 is 2.96 bits per heavy atom. The Labute approximate surface area is 150 Å². The van der Waals surface area contributed by atoms with Crippen molar-refractivity contribution in [3.05, 3.63) is 52.5 Å². The van der Waals surface area contributed by atoms with E-state index in [4.69, 9.17) is 31.5 Å². The first-order valence-electron chi connectivity index (χ1n) is 7.81. The van der Waals surface area contributed by atoms with E-state index in [2.05, 4.69) is 5.32 Å². The van der Waals surface area contributed by atoms with Crippen molar-refractivity contribution in [1.29, 1.82) is 0 Å². The summed E-state index contributed by atoms with van der Waals surface area (Å²) in [5.41, 5.74) is 7.17. The van der Waals surface area contributed by atoms with E-state index in [1.165, 1.54) is 7.11 Å². The molecule has 7 heteroatoms. The van der Waals surface area contributed by atoms with Gasteiger partial charge in [-0.15, -0.1) is 0 Å². The van der Waals surface area contributed by atoms with Gasteiger partial charge in [0.05, 0.1) is 18.2 Å². The molecule has 3 rings (SSSR count). The predicted octanol–water partition coefficient (Wildman–Crippen LogP) is 2.44. The number of carbonyl (C=O) groups is 1. The van der Waals surface area contributed by atoms with Gasteiger partial charge in [-0.25, -0.2) is 0 Å². The Balaban J connectivity index is 1.71. The van der Waals surface area contributed by atoms with Gasteiger partial charge in [-0.05, 0) is 23.8 Å². The molecule has 1 heterocycles. The molecule has 0 spiro atoms. The topological polar surface area (TPSA) is 82.8 Å². The van der Waals surface area contributed by atoms with Crippen molar-refractivity contribution < 1.29 is 19.0 Å². The van der Waals surface area contributed by atoms with Crippen LogP contribution in [0.2, 0.25) is 5.02 Å². The standard InChI is InChI=1S/C18H19ClN2O4/c1-23-16-7-11(6-13(19)18(16)25-10-17(20)22)8-21-14-9-24-15-5-3-2-4-12(14)15/h2-7,14,21H,8-10H2,1H3,(H2,20,22)/t14-/m1/s1. The van der Waals surface area contributed by atoms with Crippen LogP contribution in [0.1, 0.15) is 17.2 Å². The summed E-state index contributed by atoms with van der Waals surface area (Å²) in [6.45, 7) is 0.905. The molecule has 0 fully saturated rings. The molecule has 0 aliphatic carbocycles. The first kappa shape index (κ1) is 17.4. The van der Waals surface area contributed by atoms with Gasteiger partial charge in [0, 0.05) is 12.1 Å². The minimum atomic E-state index is -0.580. The van der Waals surface area contributed by atoms with E-state index in [0.717, 1.165) is 16.9 Å². The van der Waals surface area contributed by atoms with Gasteiger partial charge in [0.15, 0.2) is 18.1 Å². The highest BCUT2D eigenvalue weighted by Crippen LogP contribution is 2.37. The molecule has 0 radical (unpaired) electrons. The summed E-state index contributed by atoms with van der Waals surface area (Å²) in [5.74, 6) is 1.09. The van der Waals surface area contributed by atoms with Crippen molar-refractivity contribution in [2.75, 3.05) is 20.3 Å². The number of methoxy groups -OCH3 is 1. The second-order valence-corrected chi connectivity index (χ2v) is 6.05. The normalized spacial score (nSPS) is 15.4. The van der Waals surface area contributed by atoms with Crippen LogP contribution in [0.25, 0.3) is 0 Å². The Hall–Kier alpha value is -2.44. The van der Waals surface area contributed by atoms with Crippen LogP contribution in [0.15, 0.2) is 36.4 Å². The summed E-state index contributed by atoms with van der Waals surface area (Å²) in [6, 6.07) is 11.7. The number of carbonyl (C=O) groups excluding carboxylic acids is 1. The summed E-state index contributed by atoms with van der Waals surface area (Å²) in [6.07, 6.45) is 0. The zero-order valence-corrected chi connectivity index (χ0v) is 14.5. The van der Waals surface area contributed by atoms with Gasteiger partial charge in [-0.2, -0.15) is 0 Å². The third-order valence-electron chi connectivity index (χ3n) is 3.90. The Bertz CT molecular complexity index is 782. The first-order chi connectivity index (χ1) is 12.1. The van der Waals surface area contributed by atoms with E-state index in [-0.39, 0.29) is 12.6 Å². The summed E-state index contributed by atoms with van der Waals surface area (Å²) in [4.78, 5) is 10.9. The summed E-state index contributed by atoms with van der Waals surface area (Å²) >= 11 is 6.26. The average molecular weight is 363 g/mol. The van der Waals surface area contributed by atoms with Gasteiger partial charge in [-0.3, -0.25) is 4.79 Å². The van der Waals surface area contributed by atoms with Crippen LogP contribution in [0, 0.1) is 0 Å². The molecule has 2 aromatic rings. The zero-order valence-electron chi connectivity index (χ0n) is 13.8. The third kappa shape index (κ3) is 3.97. The van der Waals surface area contributed by atoms with Crippen LogP contribution in [0.3, 0.4) is 0 Å². The van der Waals surface area contributed by atoms with Gasteiger partial charge in [0.25, 0.3) is 5.91 Å². The van der Waals surface area contributed by atoms with Crippen LogP contribution in [0.5, 0.6) is 17.2 Å². The predicted molar refractivity (Wildman–Crippen MR) is 94.2 cm³/mol. The lowest BCUT2D eigenvalue weighted by Crippen LogP contribution is -2.22. The molecule has 1 aliphatic rings. The smallest absolute Gasteiger partial charge is 0.255 e. The lowest BCUT2D eigenvalue weighted by molar-refractivity contribution is -0.119. The molecule has 0 unspecified atom stereocenters. The SMILES string of the molecule is COc1cc(CN[C@@H]2COc3ccccc32)cc(Cl)c1OCC(N)=O. The minimum absolute atomic E-state index is 0.117. The Morgan fingerprint density at radius 1 is 1.40 bits per heavy atom. The number of ether oxygens (including phenoxy) is 3.